The minimum Gasteiger partial charge on any atom is -0.352 e. The van der Waals surface area contributed by atoms with Gasteiger partial charge in [-0.15, -0.1) is 0 Å². The summed E-state index contributed by atoms with van der Waals surface area (Å²) in [7, 11) is 0. The normalized spacial score (nSPS) is 22.7. The number of nitrogens with zero attached hydrogens (tertiary/aromatic N) is 3. The van der Waals surface area contributed by atoms with Crippen LogP contribution in [0.15, 0.2) is 24.4 Å². The lowest BCUT2D eigenvalue weighted by Crippen LogP contribution is -2.58. The number of carbonyl (C=O) groups excluding carboxylic acids is 3. The number of pyridine rings is 1. The van der Waals surface area contributed by atoms with Gasteiger partial charge in [0.25, 0.3) is 0 Å². The molecule has 0 unspecified atom stereocenters. The van der Waals surface area contributed by atoms with Crippen LogP contribution in [0.5, 0.6) is 0 Å². The van der Waals surface area contributed by atoms with E-state index in [9.17, 15) is 14.4 Å². The fourth-order valence-electron chi connectivity index (χ4n) is 3.92. The molecule has 2 fully saturated rings. The lowest BCUT2D eigenvalue weighted by molar-refractivity contribution is -0.143. The van der Waals surface area contributed by atoms with Crippen LogP contribution in [0.2, 0.25) is 0 Å². The number of likely N-dealkylation sites (tertiary alicyclic amines) is 2. The molecule has 4 amide bonds. The molecule has 140 valence electrons. The zero-order valence-corrected chi connectivity index (χ0v) is 14.8. The van der Waals surface area contributed by atoms with Crippen molar-refractivity contribution in [3.63, 3.8) is 0 Å². The fourth-order valence-corrected chi connectivity index (χ4v) is 3.92. The number of aromatic nitrogens is 1. The standard InChI is InChI=1S/C18H25N5O3/c19-18(26)21-11-17(25)22-9-7-15-13(12-22)4-5-16(24)23(15)10-6-14-3-1-2-8-20-14/h1-3,8,13,15H,4-7,9-12H2,(H3,19,21,26)/t13-,15+/m0/s1. The molecule has 0 spiro atoms. The van der Waals surface area contributed by atoms with E-state index in [-0.39, 0.29) is 30.3 Å². The maximum atomic E-state index is 12.4. The van der Waals surface area contributed by atoms with Crippen LogP contribution in [0.25, 0.3) is 0 Å². The number of rotatable bonds is 5. The van der Waals surface area contributed by atoms with Crippen molar-refractivity contribution in [2.24, 2.45) is 11.7 Å². The molecule has 3 rings (SSSR count). The summed E-state index contributed by atoms with van der Waals surface area (Å²) in [4.78, 5) is 43.5. The van der Waals surface area contributed by atoms with Crippen LogP contribution in [-0.4, -0.2) is 64.9 Å². The molecule has 26 heavy (non-hydrogen) atoms. The minimum absolute atomic E-state index is 0.0744. The van der Waals surface area contributed by atoms with Gasteiger partial charge in [-0.1, -0.05) is 6.07 Å². The molecule has 3 N–H and O–H groups in total. The monoisotopic (exact) mass is 359 g/mol. The Morgan fingerprint density at radius 2 is 2.15 bits per heavy atom. The summed E-state index contributed by atoms with van der Waals surface area (Å²) in [5.41, 5.74) is 6.00. The van der Waals surface area contributed by atoms with E-state index in [4.69, 9.17) is 5.73 Å². The average Bonchev–Trinajstić information content (AvgIpc) is 2.65. The summed E-state index contributed by atoms with van der Waals surface area (Å²) in [6.45, 7) is 1.80. The predicted molar refractivity (Wildman–Crippen MR) is 94.9 cm³/mol. The molecule has 0 saturated carbocycles. The second kappa shape index (κ2) is 8.16. The van der Waals surface area contributed by atoms with Gasteiger partial charge >= 0.3 is 6.03 Å². The highest BCUT2D eigenvalue weighted by atomic mass is 16.2. The number of piperidine rings is 2. The van der Waals surface area contributed by atoms with Gasteiger partial charge < -0.3 is 20.9 Å². The zero-order chi connectivity index (χ0) is 18.5. The van der Waals surface area contributed by atoms with Crippen LogP contribution in [0.3, 0.4) is 0 Å². The van der Waals surface area contributed by atoms with E-state index >= 15 is 0 Å². The average molecular weight is 359 g/mol. The smallest absolute Gasteiger partial charge is 0.312 e. The number of carbonyl (C=O) groups is 3. The number of fused-ring (bicyclic) bond motifs is 1. The third-order valence-electron chi connectivity index (χ3n) is 5.25. The summed E-state index contributed by atoms with van der Waals surface area (Å²) < 4.78 is 0. The number of amides is 4. The Kier molecular flexibility index (Phi) is 5.70. The Morgan fingerprint density at radius 3 is 2.88 bits per heavy atom. The van der Waals surface area contributed by atoms with Crippen molar-refractivity contribution in [1.29, 1.82) is 0 Å². The van der Waals surface area contributed by atoms with Crippen molar-refractivity contribution < 1.29 is 14.4 Å². The Balaban J connectivity index is 1.58. The van der Waals surface area contributed by atoms with Gasteiger partial charge in [0.2, 0.25) is 11.8 Å². The summed E-state index contributed by atoms with van der Waals surface area (Å²) in [5, 5.41) is 2.35. The minimum atomic E-state index is -0.697. The number of hydrogen-bond acceptors (Lipinski definition) is 4. The van der Waals surface area contributed by atoms with Crippen molar-refractivity contribution in [2.75, 3.05) is 26.2 Å². The second-order valence-electron chi connectivity index (χ2n) is 6.87. The van der Waals surface area contributed by atoms with Gasteiger partial charge in [-0.3, -0.25) is 14.6 Å². The maximum absolute atomic E-state index is 12.4. The van der Waals surface area contributed by atoms with E-state index < -0.39 is 6.03 Å². The number of nitrogens with two attached hydrogens (primary N) is 1. The molecule has 8 heteroatoms. The fraction of sp³-hybridized carbons (Fsp3) is 0.556. The molecule has 0 radical (unpaired) electrons. The first-order valence-corrected chi connectivity index (χ1v) is 9.05. The van der Waals surface area contributed by atoms with Gasteiger partial charge in [0.15, 0.2) is 0 Å². The third-order valence-corrected chi connectivity index (χ3v) is 5.25. The molecule has 2 atom stereocenters. The second-order valence-corrected chi connectivity index (χ2v) is 6.87. The number of urea groups is 1. The van der Waals surface area contributed by atoms with Gasteiger partial charge in [0.05, 0.1) is 6.54 Å². The van der Waals surface area contributed by atoms with Crippen LogP contribution in [0.1, 0.15) is 25.0 Å². The Labute approximate surface area is 152 Å². The van der Waals surface area contributed by atoms with Crippen LogP contribution in [0, 0.1) is 5.92 Å². The summed E-state index contributed by atoms with van der Waals surface area (Å²) in [6.07, 6.45) is 4.59. The first kappa shape index (κ1) is 18.2. The van der Waals surface area contributed by atoms with Gasteiger partial charge in [0.1, 0.15) is 0 Å². The van der Waals surface area contributed by atoms with Crippen LogP contribution in [-0.2, 0) is 16.0 Å². The zero-order valence-electron chi connectivity index (χ0n) is 14.8. The van der Waals surface area contributed by atoms with E-state index in [1.54, 1.807) is 11.1 Å². The van der Waals surface area contributed by atoms with Crippen LogP contribution < -0.4 is 11.1 Å². The highest BCUT2D eigenvalue weighted by molar-refractivity contribution is 5.83. The number of primary amides is 1. The topological polar surface area (TPSA) is 109 Å². The van der Waals surface area contributed by atoms with Crippen LogP contribution >= 0.6 is 0 Å². The number of nitrogens with one attached hydrogen (secondary N) is 1. The molecular formula is C18H25N5O3. The summed E-state index contributed by atoms with van der Waals surface area (Å²) in [5.74, 6) is 0.347. The largest absolute Gasteiger partial charge is 0.352 e. The third kappa shape index (κ3) is 4.30. The Bertz CT molecular complexity index is 666. The maximum Gasteiger partial charge on any atom is 0.312 e. The quantitative estimate of drug-likeness (QED) is 0.779. The Morgan fingerprint density at radius 1 is 1.31 bits per heavy atom. The van der Waals surface area contributed by atoms with Gasteiger partial charge in [-0.05, 0) is 30.9 Å². The van der Waals surface area contributed by atoms with Crippen molar-refractivity contribution in [1.82, 2.24) is 20.1 Å². The lowest BCUT2D eigenvalue weighted by atomic mass is 9.83. The molecule has 0 aromatic carbocycles. The van der Waals surface area contributed by atoms with E-state index in [1.807, 2.05) is 23.1 Å². The first-order valence-electron chi connectivity index (χ1n) is 9.05. The Hall–Kier alpha value is -2.64. The lowest BCUT2D eigenvalue weighted by Gasteiger charge is -2.47. The van der Waals surface area contributed by atoms with Crippen molar-refractivity contribution in [2.45, 2.75) is 31.7 Å². The van der Waals surface area contributed by atoms with Crippen LogP contribution in [0.4, 0.5) is 4.79 Å². The molecule has 8 nitrogen and oxygen atoms in total. The predicted octanol–water partition coefficient (Wildman–Crippen LogP) is 0.132. The van der Waals surface area contributed by atoms with E-state index in [0.29, 0.717) is 26.1 Å². The van der Waals surface area contributed by atoms with Crippen molar-refractivity contribution in [3.05, 3.63) is 30.1 Å². The van der Waals surface area contributed by atoms with Gasteiger partial charge in [-0.25, -0.2) is 4.79 Å². The molecule has 0 aliphatic carbocycles. The van der Waals surface area contributed by atoms with Gasteiger partial charge in [-0.2, -0.15) is 0 Å². The van der Waals surface area contributed by atoms with Crippen molar-refractivity contribution in [3.8, 4) is 0 Å². The molecular weight excluding hydrogens is 334 g/mol. The molecule has 1 aromatic heterocycles. The highest BCUT2D eigenvalue weighted by Crippen LogP contribution is 2.31. The van der Waals surface area contributed by atoms with E-state index in [0.717, 1.165) is 25.0 Å². The van der Waals surface area contributed by atoms with E-state index in [2.05, 4.69) is 10.3 Å². The molecule has 2 aliphatic heterocycles. The summed E-state index contributed by atoms with van der Waals surface area (Å²) >= 11 is 0. The molecule has 1 aromatic rings. The highest BCUT2D eigenvalue weighted by Gasteiger charge is 2.40. The SMILES string of the molecule is NC(=O)NCC(=O)N1CC[C@@H]2[C@@H](CCC(=O)N2CCc2ccccn2)C1. The molecule has 3 heterocycles. The first-order chi connectivity index (χ1) is 12.5. The van der Waals surface area contributed by atoms with E-state index in [1.165, 1.54) is 0 Å². The molecule has 2 saturated heterocycles. The number of hydrogen-bond donors (Lipinski definition) is 2. The summed E-state index contributed by atoms with van der Waals surface area (Å²) in [6, 6.07) is 5.28. The van der Waals surface area contributed by atoms with Crippen molar-refractivity contribution >= 4 is 17.8 Å². The molecule has 0 bridgehead atoms. The molecule has 2 aliphatic rings. The van der Waals surface area contributed by atoms with Gasteiger partial charge in [0, 0.05) is 50.4 Å².